The molecular weight excluding hydrogens is 280 g/mol. The van der Waals surface area contributed by atoms with Crippen molar-refractivity contribution in [3.05, 3.63) is 12.3 Å². The summed E-state index contributed by atoms with van der Waals surface area (Å²) in [5.41, 5.74) is -0.487. The van der Waals surface area contributed by atoms with Crippen molar-refractivity contribution >= 4 is 15.8 Å². The monoisotopic (exact) mass is 300 g/mol. The summed E-state index contributed by atoms with van der Waals surface area (Å²) in [5.74, 6) is 1.00. The van der Waals surface area contributed by atoms with E-state index in [1.807, 2.05) is 20.8 Å². The van der Waals surface area contributed by atoms with Gasteiger partial charge in [-0.3, -0.25) is 4.72 Å². The van der Waals surface area contributed by atoms with Gasteiger partial charge in [-0.1, -0.05) is 0 Å². The Morgan fingerprint density at radius 3 is 2.50 bits per heavy atom. The molecule has 0 radical (unpaired) electrons. The molecule has 0 amide bonds. The Morgan fingerprint density at radius 2 is 2.00 bits per heavy atom. The second-order valence-corrected chi connectivity index (χ2v) is 7.64. The number of aromatic nitrogens is 1. The summed E-state index contributed by atoms with van der Waals surface area (Å²) >= 11 is 0. The van der Waals surface area contributed by atoms with E-state index >= 15 is 0 Å². The van der Waals surface area contributed by atoms with Gasteiger partial charge in [0, 0.05) is 12.3 Å². The summed E-state index contributed by atoms with van der Waals surface area (Å²) in [4.78, 5) is 4.04. The average Bonchev–Trinajstić information content (AvgIpc) is 3.03. The number of hydrogen-bond acceptors (Lipinski definition) is 5. The zero-order valence-corrected chi connectivity index (χ0v) is 13.0. The topological polar surface area (TPSA) is 77.5 Å². The van der Waals surface area contributed by atoms with E-state index in [4.69, 9.17) is 9.47 Å². The van der Waals surface area contributed by atoms with Gasteiger partial charge in [-0.15, -0.1) is 0 Å². The minimum absolute atomic E-state index is 0.153. The molecule has 0 aromatic carbocycles. The Balaban J connectivity index is 2.37. The van der Waals surface area contributed by atoms with Gasteiger partial charge in [-0.2, -0.15) is 0 Å². The molecule has 0 aliphatic heterocycles. The molecule has 1 aliphatic carbocycles. The van der Waals surface area contributed by atoms with E-state index in [1.54, 1.807) is 6.07 Å². The zero-order chi connectivity index (χ0) is 15.0. The van der Waals surface area contributed by atoms with Crippen molar-refractivity contribution in [2.75, 3.05) is 11.0 Å². The van der Waals surface area contributed by atoms with Crippen LogP contribution in [-0.2, 0) is 10.0 Å². The SMILES string of the molecule is CC(C)(C)Oc1c(OC2CC2)ccnc1NS(C)(=O)=O. The van der Waals surface area contributed by atoms with Crippen molar-refractivity contribution in [2.24, 2.45) is 0 Å². The van der Waals surface area contributed by atoms with Crippen LogP contribution >= 0.6 is 0 Å². The van der Waals surface area contributed by atoms with Crippen molar-refractivity contribution < 1.29 is 17.9 Å². The van der Waals surface area contributed by atoms with Gasteiger partial charge in [0.1, 0.15) is 5.60 Å². The second kappa shape index (κ2) is 5.12. The first-order chi connectivity index (χ1) is 9.14. The van der Waals surface area contributed by atoms with Crippen LogP contribution in [0.1, 0.15) is 33.6 Å². The standard InChI is InChI=1S/C13H20N2O4S/c1-13(2,3)19-11-10(18-9-5-6-9)7-8-14-12(11)15-20(4,16)17/h7-9H,5-6H2,1-4H3,(H,14,15). The Hall–Kier alpha value is -1.50. The van der Waals surface area contributed by atoms with E-state index in [0.29, 0.717) is 11.5 Å². The molecule has 1 aliphatic rings. The summed E-state index contributed by atoms with van der Waals surface area (Å²) in [6.07, 6.45) is 4.77. The van der Waals surface area contributed by atoms with Crippen LogP contribution in [0.2, 0.25) is 0 Å². The van der Waals surface area contributed by atoms with Crippen molar-refractivity contribution in [3.8, 4) is 11.5 Å². The lowest BCUT2D eigenvalue weighted by atomic mass is 10.2. The highest BCUT2D eigenvalue weighted by Crippen LogP contribution is 2.39. The van der Waals surface area contributed by atoms with Crippen molar-refractivity contribution in [1.82, 2.24) is 4.98 Å². The Morgan fingerprint density at radius 1 is 1.35 bits per heavy atom. The van der Waals surface area contributed by atoms with Crippen LogP contribution in [0.15, 0.2) is 12.3 Å². The number of nitrogens with zero attached hydrogens (tertiary/aromatic N) is 1. The number of sulfonamides is 1. The molecule has 1 fully saturated rings. The Kier molecular flexibility index (Phi) is 3.82. The van der Waals surface area contributed by atoms with Crippen LogP contribution < -0.4 is 14.2 Å². The van der Waals surface area contributed by atoms with Crippen LogP contribution in [0.3, 0.4) is 0 Å². The molecule has 1 saturated carbocycles. The number of nitrogens with one attached hydrogen (secondary N) is 1. The molecule has 112 valence electrons. The first kappa shape index (κ1) is 14.9. The summed E-state index contributed by atoms with van der Waals surface area (Å²) in [6, 6.07) is 1.69. The molecule has 6 nitrogen and oxygen atoms in total. The molecule has 0 unspecified atom stereocenters. The molecule has 0 atom stereocenters. The fourth-order valence-corrected chi connectivity index (χ4v) is 2.04. The van der Waals surface area contributed by atoms with E-state index < -0.39 is 15.6 Å². The lowest BCUT2D eigenvalue weighted by Gasteiger charge is -2.24. The molecule has 20 heavy (non-hydrogen) atoms. The summed E-state index contributed by atoms with van der Waals surface area (Å²) < 4.78 is 36.8. The molecule has 1 aromatic rings. The first-order valence-electron chi connectivity index (χ1n) is 6.46. The molecule has 1 N–H and O–H groups in total. The van der Waals surface area contributed by atoms with E-state index in [-0.39, 0.29) is 11.9 Å². The number of anilines is 1. The van der Waals surface area contributed by atoms with E-state index in [1.165, 1.54) is 6.20 Å². The highest BCUT2D eigenvalue weighted by molar-refractivity contribution is 7.92. The summed E-state index contributed by atoms with van der Waals surface area (Å²) in [7, 11) is -3.43. The summed E-state index contributed by atoms with van der Waals surface area (Å²) in [5, 5.41) is 0. The van der Waals surface area contributed by atoms with Gasteiger partial charge >= 0.3 is 0 Å². The highest BCUT2D eigenvalue weighted by atomic mass is 32.2. The number of pyridine rings is 1. The third-order valence-corrected chi connectivity index (χ3v) is 2.94. The van der Waals surface area contributed by atoms with Gasteiger partial charge in [0.25, 0.3) is 0 Å². The Bertz CT molecular complexity index is 589. The van der Waals surface area contributed by atoms with Gasteiger partial charge < -0.3 is 9.47 Å². The van der Waals surface area contributed by atoms with Crippen molar-refractivity contribution in [2.45, 2.75) is 45.3 Å². The zero-order valence-electron chi connectivity index (χ0n) is 12.1. The van der Waals surface area contributed by atoms with E-state index in [9.17, 15) is 8.42 Å². The lowest BCUT2D eigenvalue weighted by molar-refractivity contribution is 0.123. The fraction of sp³-hybridized carbons (Fsp3) is 0.615. The fourth-order valence-electron chi connectivity index (χ4n) is 1.54. The van der Waals surface area contributed by atoms with E-state index in [2.05, 4.69) is 9.71 Å². The smallest absolute Gasteiger partial charge is 0.231 e. The maximum Gasteiger partial charge on any atom is 0.231 e. The number of rotatable bonds is 5. The van der Waals surface area contributed by atoms with Crippen molar-refractivity contribution in [3.63, 3.8) is 0 Å². The molecule has 0 bridgehead atoms. The van der Waals surface area contributed by atoms with Gasteiger partial charge in [-0.25, -0.2) is 13.4 Å². The minimum Gasteiger partial charge on any atom is -0.486 e. The van der Waals surface area contributed by atoms with Gasteiger partial charge in [0.05, 0.1) is 12.4 Å². The normalized spacial score (nSPS) is 15.8. The number of hydrogen-bond donors (Lipinski definition) is 1. The molecule has 1 aromatic heterocycles. The van der Waals surface area contributed by atoms with Crippen LogP contribution in [-0.4, -0.2) is 31.4 Å². The van der Waals surface area contributed by atoms with E-state index in [0.717, 1.165) is 19.1 Å². The molecule has 1 heterocycles. The Labute approximate surface area is 119 Å². The average molecular weight is 300 g/mol. The predicted molar refractivity (Wildman–Crippen MR) is 76.7 cm³/mol. The molecule has 7 heteroatoms. The second-order valence-electron chi connectivity index (χ2n) is 5.89. The minimum atomic E-state index is -3.43. The van der Waals surface area contributed by atoms with Gasteiger partial charge in [0.2, 0.25) is 15.8 Å². The predicted octanol–water partition coefficient (Wildman–Crippen LogP) is 2.17. The third-order valence-electron chi connectivity index (χ3n) is 2.38. The number of ether oxygens (including phenoxy) is 2. The van der Waals surface area contributed by atoms with Crippen LogP contribution in [0, 0.1) is 0 Å². The van der Waals surface area contributed by atoms with Gasteiger partial charge in [-0.05, 0) is 33.6 Å². The molecule has 0 spiro atoms. The first-order valence-corrected chi connectivity index (χ1v) is 8.36. The van der Waals surface area contributed by atoms with Crippen molar-refractivity contribution in [1.29, 1.82) is 0 Å². The van der Waals surface area contributed by atoms with Gasteiger partial charge in [0.15, 0.2) is 11.6 Å². The molecular formula is C13H20N2O4S. The molecule has 2 rings (SSSR count). The maximum atomic E-state index is 11.4. The molecule has 0 saturated heterocycles. The largest absolute Gasteiger partial charge is 0.486 e. The maximum absolute atomic E-state index is 11.4. The lowest BCUT2D eigenvalue weighted by Crippen LogP contribution is -2.25. The third kappa shape index (κ3) is 4.56. The quantitative estimate of drug-likeness (QED) is 0.901. The van der Waals surface area contributed by atoms with Crippen LogP contribution in [0.5, 0.6) is 11.5 Å². The highest BCUT2D eigenvalue weighted by Gasteiger charge is 2.28. The van der Waals surface area contributed by atoms with Crippen LogP contribution in [0.4, 0.5) is 5.82 Å². The van der Waals surface area contributed by atoms with Crippen LogP contribution in [0.25, 0.3) is 0 Å². The summed E-state index contributed by atoms with van der Waals surface area (Å²) in [6.45, 7) is 5.64.